The molecule has 0 aliphatic rings. The normalized spacial score (nSPS) is 10.4. The van der Waals surface area contributed by atoms with E-state index in [-0.39, 0.29) is 0 Å². The van der Waals surface area contributed by atoms with Gasteiger partial charge < -0.3 is 10.1 Å². The summed E-state index contributed by atoms with van der Waals surface area (Å²) in [7, 11) is 0. The number of nitrogens with zero attached hydrogens (tertiary/aromatic N) is 3. The molecule has 0 saturated heterocycles. The third kappa shape index (κ3) is 4.90. The van der Waals surface area contributed by atoms with Gasteiger partial charge in [0, 0.05) is 11.4 Å². The molecule has 1 N–H and O–H groups in total. The molecule has 0 aliphatic carbocycles. The Morgan fingerprint density at radius 3 is 2.52 bits per heavy atom. The topological polar surface area (TPSA) is 59.9 Å². The second-order valence-electron chi connectivity index (χ2n) is 4.50. The molecular weight excluding hydrogens is 284 g/mol. The van der Waals surface area contributed by atoms with Crippen LogP contribution in [0.5, 0.6) is 6.01 Å². The van der Waals surface area contributed by atoms with E-state index in [1.54, 1.807) is 0 Å². The van der Waals surface area contributed by atoms with Gasteiger partial charge >= 0.3 is 6.01 Å². The zero-order valence-corrected chi connectivity index (χ0v) is 13.4. The van der Waals surface area contributed by atoms with Crippen molar-refractivity contribution in [2.75, 3.05) is 18.5 Å². The summed E-state index contributed by atoms with van der Waals surface area (Å²) in [5, 5.41) is 3.81. The van der Waals surface area contributed by atoms with Gasteiger partial charge in [-0.2, -0.15) is 15.0 Å². The molecule has 0 saturated carbocycles. The molecule has 112 valence electrons. The van der Waals surface area contributed by atoms with Gasteiger partial charge in [-0.05, 0) is 44.2 Å². The van der Waals surface area contributed by atoms with E-state index in [1.807, 2.05) is 6.92 Å². The maximum absolute atomic E-state index is 5.41. The van der Waals surface area contributed by atoms with Crippen molar-refractivity contribution in [1.29, 1.82) is 0 Å². The molecule has 1 aromatic carbocycles. The molecule has 0 fully saturated rings. The fourth-order valence-corrected chi connectivity index (χ4v) is 2.34. The summed E-state index contributed by atoms with van der Waals surface area (Å²) < 4.78 is 5.41. The van der Waals surface area contributed by atoms with Crippen LogP contribution in [-0.4, -0.2) is 28.1 Å². The second kappa shape index (κ2) is 7.83. The summed E-state index contributed by atoms with van der Waals surface area (Å²) in [6.45, 7) is 7.43. The molecule has 0 aliphatic heterocycles. The summed E-state index contributed by atoms with van der Waals surface area (Å²) in [6, 6.07) is 8.62. The molecule has 0 unspecified atom stereocenters. The van der Waals surface area contributed by atoms with E-state index in [2.05, 4.69) is 58.4 Å². The van der Waals surface area contributed by atoms with Gasteiger partial charge in [-0.15, -0.1) is 0 Å². The predicted molar refractivity (Wildman–Crippen MR) is 85.1 cm³/mol. The number of ether oxygens (including phenoxy) is 1. The lowest BCUT2D eigenvalue weighted by molar-refractivity contribution is 0.308. The van der Waals surface area contributed by atoms with Gasteiger partial charge in [-0.3, -0.25) is 0 Å². The molecule has 2 rings (SSSR count). The van der Waals surface area contributed by atoms with Crippen molar-refractivity contribution in [3.8, 4) is 6.01 Å². The number of hydrogen-bond acceptors (Lipinski definition) is 6. The number of aryl methyl sites for hydroxylation is 1. The van der Waals surface area contributed by atoms with Crippen LogP contribution in [0.3, 0.4) is 0 Å². The SMILES string of the molecule is CCCNc1nc(OCC)nc(Sc2ccc(C)cc2)n1. The molecule has 0 spiro atoms. The van der Waals surface area contributed by atoms with E-state index < -0.39 is 0 Å². The molecule has 1 heterocycles. The van der Waals surface area contributed by atoms with E-state index in [0.717, 1.165) is 17.9 Å². The van der Waals surface area contributed by atoms with Crippen LogP contribution in [0.15, 0.2) is 34.3 Å². The molecule has 21 heavy (non-hydrogen) atoms. The maximum atomic E-state index is 5.41. The second-order valence-corrected chi connectivity index (χ2v) is 5.54. The highest BCUT2D eigenvalue weighted by Gasteiger charge is 2.08. The summed E-state index contributed by atoms with van der Waals surface area (Å²) in [4.78, 5) is 14.1. The Labute approximate surface area is 129 Å². The molecule has 6 heteroatoms. The van der Waals surface area contributed by atoms with Crippen molar-refractivity contribution in [3.63, 3.8) is 0 Å². The van der Waals surface area contributed by atoms with Crippen molar-refractivity contribution >= 4 is 17.7 Å². The van der Waals surface area contributed by atoms with Gasteiger partial charge in [0.15, 0.2) is 0 Å². The van der Waals surface area contributed by atoms with Gasteiger partial charge in [0.05, 0.1) is 6.61 Å². The number of rotatable bonds is 7. The lowest BCUT2D eigenvalue weighted by atomic mass is 10.2. The minimum atomic E-state index is 0.362. The Morgan fingerprint density at radius 2 is 1.86 bits per heavy atom. The minimum absolute atomic E-state index is 0.362. The van der Waals surface area contributed by atoms with Gasteiger partial charge in [0.1, 0.15) is 0 Å². The fourth-order valence-electron chi connectivity index (χ4n) is 1.60. The van der Waals surface area contributed by atoms with Crippen molar-refractivity contribution in [2.24, 2.45) is 0 Å². The van der Waals surface area contributed by atoms with Crippen LogP contribution < -0.4 is 10.1 Å². The van der Waals surface area contributed by atoms with Gasteiger partial charge in [0.2, 0.25) is 11.1 Å². The Kier molecular flexibility index (Phi) is 5.80. The Morgan fingerprint density at radius 1 is 1.10 bits per heavy atom. The Bertz CT molecular complexity index is 574. The van der Waals surface area contributed by atoms with Crippen LogP contribution in [0.1, 0.15) is 25.8 Å². The first-order valence-electron chi connectivity index (χ1n) is 7.08. The molecule has 2 aromatic rings. The predicted octanol–water partition coefficient (Wildman–Crippen LogP) is 3.55. The molecule has 0 atom stereocenters. The molecule has 0 bridgehead atoms. The number of hydrogen-bond donors (Lipinski definition) is 1. The first kappa shape index (κ1) is 15.6. The zero-order valence-electron chi connectivity index (χ0n) is 12.6. The molecule has 1 aromatic heterocycles. The first-order valence-corrected chi connectivity index (χ1v) is 7.90. The number of anilines is 1. The summed E-state index contributed by atoms with van der Waals surface area (Å²) >= 11 is 1.50. The first-order chi connectivity index (χ1) is 10.2. The molecular formula is C15H20N4OS. The number of nitrogens with one attached hydrogen (secondary N) is 1. The smallest absolute Gasteiger partial charge is 0.322 e. The lowest BCUT2D eigenvalue weighted by Crippen LogP contribution is -2.08. The van der Waals surface area contributed by atoms with Crippen LogP contribution >= 0.6 is 11.8 Å². The quantitative estimate of drug-likeness (QED) is 0.844. The Balaban J connectivity index is 2.19. The van der Waals surface area contributed by atoms with Crippen LogP contribution in [0.2, 0.25) is 0 Å². The fraction of sp³-hybridized carbons (Fsp3) is 0.400. The average molecular weight is 304 g/mol. The number of aromatic nitrogens is 3. The van der Waals surface area contributed by atoms with Gasteiger partial charge in [-0.25, -0.2) is 0 Å². The Hall–Kier alpha value is -1.82. The summed E-state index contributed by atoms with van der Waals surface area (Å²) in [5.41, 5.74) is 1.23. The van der Waals surface area contributed by atoms with Crippen molar-refractivity contribution < 1.29 is 4.74 Å². The minimum Gasteiger partial charge on any atom is -0.464 e. The van der Waals surface area contributed by atoms with Crippen molar-refractivity contribution in [3.05, 3.63) is 29.8 Å². The van der Waals surface area contributed by atoms with E-state index in [9.17, 15) is 0 Å². The van der Waals surface area contributed by atoms with Crippen LogP contribution in [0.25, 0.3) is 0 Å². The summed E-state index contributed by atoms with van der Waals surface area (Å²) in [6.07, 6.45) is 1.01. The highest BCUT2D eigenvalue weighted by molar-refractivity contribution is 7.99. The zero-order chi connectivity index (χ0) is 15.1. The molecule has 0 amide bonds. The lowest BCUT2D eigenvalue weighted by Gasteiger charge is -2.08. The van der Waals surface area contributed by atoms with Crippen LogP contribution in [0.4, 0.5) is 5.95 Å². The van der Waals surface area contributed by atoms with E-state index in [4.69, 9.17) is 4.74 Å². The summed E-state index contributed by atoms with van der Waals surface area (Å²) in [5.74, 6) is 0.560. The van der Waals surface area contributed by atoms with E-state index >= 15 is 0 Å². The highest BCUT2D eigenvalue weighted by Crippen LogP contribution is 2.26. The van der Waals surface area contributed by atoms with Crippen LogP contribution in [0, 0.1) is 6.92 Å². The molecule has 5 nitrogen and oxygen atoms in total. The van der Waals surface area contributed by atoms with Crippen molar-refractivity contribution in [2.45, 2.75) is 37.2 Å². The van der Waals surface area contributed by atoms with Gasteiger partial charge in [-0.1, -0.05) is 24.6 Å². The average Bonchev–Trinajstić information content (AvgIpc) is 2.48. The van der Waals surface area contributed by atoms with Crippen LogP contribution in [-0.2, 0) is 0 Å². The van der Waals surface area contributed by atoms with E-state index in [0.29, 0.717) is 23.7 Å². The van der Waals surface area contributed by atoms with Gasteiger partial charge in [0.25, 0.3) is 0 Å². The maximum Gasteiger partial charge on any atom is 0.322 e. The largest absolute Gasteiger partial charge is 0.464 e. The van der Waals surface area contributed by atoms with Crippen molar-refractivity contribution in [1.82, 2.24) is 15.0 Å². The number of benzene rings is 1. The standard InChI is InChI=1S/C15H20N4OS/c1-4-10-16-13-17-14(20-5-2)19-15(18-13)21-12-8-6-11(3)7-9-12/h6-9H,4-5,10H2,1-3H3,(H,16,17,18,19). The highest BCUT2D eigenvalue weighted by atomic mass is 32.2. The third-order valence-corrected chi connectivity index (χ3v) is 3.50. The van der Waals surface area contributed by atoms with E-state index in [1.165, 1.54) is 17.3 Å². The third-order valence-electron chi connectivity index (χ3n) is 2.63. The monoisotopic (exact) mass is 304 g/mol. The molecule has 0 radical (unpaired) electrons.